The molecule has 13 nitrogen and oxygen atoms in total. The lowest BCUT2D eigenvalue weighted by Crippen LogP contribution is -2.57. The lowest BCUT2D eigenvalue weighted by molar-refractivity contribution is -0.142. The van der Waals surface area contributed by atoms with Crippen LogP contribution in [0.1, 0.15) is 44.2 Å². The second kappa shape index (κ2) is 17.3. The first-order valence-electron chi connectivity index (χ1n) is 14.1. The Morgan fingerprint density at radius 1 is 0.791 bits per heavy atom. The molecule has 0 aliphatic carbocycles. The van der Waals surface area contributed by atoms with Crippen molar-refractivity contribution in [3.05, 3.63) is 65.7 Å². The monoisotopic (exact) mass is 597 g/mol. The van der Waals surface area contributed by atoms with Gasteiger partial charge in [0.1, 0.15) is 23.9 Å². The van der Waals surface area contributed by atoms with Crippen LogP contribution in [0.3, 0.4) is 0 Å². The molecule has 43 heavy (non-hydrogen) atoms. The van der Waals surface area contributed by atoms with Gasteiger partial charge in [-0.1, -0.05) is 56.3 Å². The SMILES string of the molecule is CC(C)CC(NC(=O)C(CCCN=C(N)N)NC(=O)C(Cc1ccc(O)cc1)NC(=O)C(N)Cc1ccccc1)C(=O)O. The highest BCUT2D eigenvalue weighted by molar-refractivity contribution is 5.94. The predicted octanol–water partition coefficient (Wildman–Crippen LogP) is 0.143. The van der Waals surface area contributed by atoms with Crippen LogP contribution < -0.4 is 33.2 Å². The number of aliphatic carboxylic acids is 1. The van der Waals surface area contributed by atoms with Gasteiger partial charge in [-0.3, -0.25) is 19.4 Å². The maximum Gasteiger partial charge on any atom is 0.326 e. The highest BCUT2D eigenvalue weighted by atomic mass is 16.4. The number of phenols is 1. The van der Waals surface area contributed by atoms with Gasteiger partial charge >= 0.3 is 5.97 Å². The Kier molecular flexibility index (Phi) is 13.9. The molecular formula is C30H43N7O6. The molecule has 0 spiro atoms. The second-order valence-corrected chi connectivity index (χ2v) is 10.8. The number of hydrogen-bond donors (Lipinski definition) is 8. The lowest BCUT2D eigenvalue weighted by atomic mass is 10.0. The average molecular weight is 598 g/mol. The van der Waals surface area contributed by atoms with Crippen molar-refractivity contribution in [1.29, 1.82) is 0 Å². The number of benzene rings is 2. The van der Waals surface area contributed by atoms with E-state index in [4.69, 9.17) is 17.2 Å². The number of aliphatic imine (C=N–C) groups is 1. The molecule has 2 rings (SSSR count). The zero-order valence-corrected chi connectivity index (χ0v) is 24.5. The van der Waals surface area contributed by atoms with Crippen molar-refractivity contribution >= 4 is 29.7 Å². The zero-order chi connectivity index (χ0) is 31.9. The molecule has 0 heterocycles. The fourth-order valence-corrected chi connectivity index (χ4v) is 4.33. The minimum atomic E-state index is -1.20. The number of hydrogen-bond acceptors (Lipinski definition) is 7. The number of carbonyl (C=O) groups is 4. The summed E-state index contributed by atoms with van der Waals surface area (Å²) in [5.41, 5.74) is 18.4. The third-order valence-corrected chi connectivity index (χ3v) is 6.54. The van der Waals surface area contributed by atoms with Crippen molar-refractivity contribution in [3.8, 4) is 5.75 Å². The normalized spacial score (nSPS) is 13.7. The first-order chi connectivity index (χ1) is 20.3. The average Bonchev–Trinajstić information content (AvgIpc) is 2.94. The molecule has 2 aromatic carbocycles. The third kappa shape index (κ3) is 12.8. The minimum absolute atomic E-state index is 0.0127. The second-order valence-electron chi connectivity index (χ2n) is 10.8. The van der Waals surface area contributed by atoms with E-state index in [9.17, 15) is 29.4 Å². The van der Waals surface area contributed by atoms with Gasteiger partial charge in [0, 0.05) is 13.0 Å². The van der Waals surface area contributed by atoms with Gasteiger partial charge in [-0.25, -0.2) is 4.79 Å². The smallest absolute Gasteiger partial charge is 0.326 e. The van der Waals surface area contributed by atoms with Gasteiger partial charge in [-0.2, -0.15) is 0 Å². The molecule has 3 amide bonds. The van der Waals surface area contributed by atoms with Crippen molar-refractivity contribution in [2.75, 3.05) is 6.54 Å². The number of carboxylic acid groups (broad SMARTS) is 1. The Morgan fingerprint density at radius 3 is 1.93 bits per heavy atom. The molecule has 11 N–H and O–H groups in total. The van der Waals surface area contributed by atoms with E-state index in [-0.39, 0.29) is 49.9 Å². The number of rotatable bonds is 17. The Morgan fingerprint density at radius 2 is 1.35 bits per heavy atom. The van der Waals surface area contributed by atoms with Gasteiger partial charge in [0.15, 0.2) is 5.96 Å². The highest BCUT2D eigenvalue weighted by Crippen LogP contribution is 2.13. The van der Waals surface area contributed by atoms with Gasteiger partial charge < -0.3 is 43.4 Å². The summed E-state index contributed by atoms with van der Waals surface area (Å²) in [6, 6.07) is 10.9. The minimum Gasteiger partial charge on any atom is -0.508 e. The van der Waals surface area contributed by atoms with Gasteiger partial charge in [0.05, 0.1) is 6.04 Å². The molecule has 0 bridgehead atoms. The van der Waals surface area contributed by atoms with Crippen molar-refractivity contribution in [2.45, 2.75) is 70.1 Å². The Labute approximate surface area is 251 Å². The summed E-state index contributed by atoms with van der Waals surface area (Å²) < 4.78 is 0. The van der Waals surface area contributed by atoms with Crippen molar-refractivity contribution in [2.24, 2.45) is 28.1 Å². The fraction of sp³-hybridized carbons (Fsp3) is 0.433. The third-order valence-electron chi connectivity index (χ3n) is 6.54. The summed E-state index contributed by atoms with van der Waals surface area (Å²) in [7, 11) is 0. The predicted molar refractivity (Wildman–Crippen MR) is 163 cm³/mol. The van der Waals surface area contributed by atoms with Gasteiger partial charge in [-0.05, 0) is 54.9 Å². The number of nitrogens with two attached hydrogens (primary N) is 3. The number of amides is 3. The van der Waals surface area contributed by atoms with Crippen LogP contribution in [0, 0.1) is 5.92 Å². The fourth-order valence-electron chi connectivity index (χ4n) is 4.33. The van der Waals surface area contributed by atoms with Crippen molar-refractivity contribution < 1.29 is 29.4 Å². The van der Waals surface area contributed by atoms with Crippen molar-refractivity contribution in [1.82, 2.24) is 16.0 Å². The topological polar surface area (TPSA) is 235 Å². The van der Waals surface area contributed by atoms with E-state index in [1.54, 1.807) is 12.1 Å². The quantitative estimate of drug-likeness (QED) is 0.0702. The number of nitrogens with one attached hydrogen (secondary N) is 3. The number of phenolic OH excluding ortho intramolecular Hbond substituents is 1. The molecule has 0 fully saturated rings. The van der Waals surface area contributed by atoms with Crippen LogP contribution in [-0.4, -0.2) is 70.6 Å². The van der Waals surface area contributed by atoms with Gasteiger partial charge in [0.25, 0.3) is 0 Å². The van der Waals surface area contributed by atoms with Crippen LogP contribution in [-0.2, 0) is 32.0 Å². The van der Waals surface area contributed by atoms with E-state index < -0.39 is 47.9 Å². The van der Waals surface area contributed by atoms with E-state index in [1.807, 2.05) is 44.2 Å². The summed E-state index contributed by atoms with van der Waals surface area (Å²) in [4.78, 5) is 55.6. The first-order valence-corrected chi connectivity index (χ1v) is 14.1. The zero-order valence-electron chi connectivity index (χ0n) is 24.5. The van der Waals surface area contributed by atoms with E-state index >= 15 is 0 Å². The maximum atomic E-state index is 13.6. The Balaban J connectivity index is 2.26. The molecule has 0 radical (unpaired) electrons. The summed E-state index contributed by atoms with van der Waals surface area (Å²) in [5.74, 6) is -3.24. The van der Waals surface area contributed by atoms with Crippen molar-refractivity contribution in [3.63, 3.8) is 0 Å². The molecular weight excluding hydrogens is 554 g/mol. The summed E-state index contributed by atoms with van der Waals surface area (Å²) >= 11 is 0. The number of aromatic hydroxyl groups is 1. The molecule has 0 aromatic heterocycles. The van der Waals surface area contributed by atoms with E-state index in [0.29, 0.717) is 12.0 Å². The summed E-state index contributed by atoms with van der Waals surface area (Å²) in [5, 5.41) is 27.1. The van der Waals surface area contributed by atoms with Crippen LogP contribution in [0.25, 0.3) is 0 Å². The van der Waals surface area contributed by atoms with E-state index in [0.717, 1.165) is 5.56 Å². The number of guanidine groups is 1. The summed E-state index contributed by atoms with van der Waals surface area (Å²) in [6.07, 6.45) is 0.852. The van der Waals surface area contributed by atoms with E-state index in [1.165, 1.54) is 12.1 Å². The standard InChI is InChI=1S/C30H43N7O6/c1-18(2)15-25(29(42)43)37-27(40)23(9-6-14-34-30(32)33)35-28(41)24(17-20-10-12-21(38)13-11-20)36-26(39)22(31)16-19-7-4-3-5-8-19/h3-5,7-8,10-13,18,22-25,38H,6,9,14-17,31H2,1-2H3,(H,35,41)(H,36,39)(H,37,40)(H,42,43)(H4,32,33,34). The Bertz CT molecular complexity index is 1230. The molecule has 0 aliphatic heterocycles. The number of nitrogens with zero attached hydrogens (tertiary/aromatic N) is 1. The molecule has 13 heteroatoms. The van der Waals surface area contributed by atoms with Crippen LogP contribution >= 0.6 is 0 Å². The molecule has 2 aromatic rings. The van der Waals surface area contributed by atoms with Gasteiger partial charge in [-0.15, -0.1) is 0 Å². The highest BCUT2D eigenvalue weighted by Gasteiger charge is 2.30. The molecule has 4 atom stereocenters. The molecule has 0 saturated heterocycles. The first kappa shape index (κ1) is 34.6. The van der Waals surface area contributed by atoms with Crippen LogP contribution in [0.15, 0.2) is 59.6 Å². The lowest BCUT2D eigenvalue weighted by Gasteiger charge is -2.26. The van der Waals surface area contributed by atoms with Crippen LogP contribution in [0.2, 0.25) is 0 Å². The van der Waals surface area contributed by atoms with Gasteiger partial charge in [0.2, 0.25) is 17.7 Å². The Hall–Kier alpha value is -4.65. The number of carboxylic acids is 1. The van der Waals surface area contributed by atoms with Crippen LogP contribution in [0.5, 0.6) is 5.75 Å². The molecule has 234 valence electrons. The van der Waals surface area contributed by atoms with E-state index in [2.05, 4.69) is 20.9 Å². The molecule has 0 saturated carbocycles. The number of carbonyl (C=O) groups excluding carboxylic acids is 3. The summed E-state index contributed by atoms with van der Waals surface area (Å²) in [6.45, 7) is 3.84. The van der Waals surface area contributed by atoms with Crippen LogP contribution in [0.4, 0.5) is 0 Å². The maximum absolute atomic E-state index is 13.6. The largest absolute Gasteiger partial charge is 0.508 e. The molecule has 4 unspecified atom stereocenters. The molecule has 0 aliphatic rings.